The molecule has 21 heavy (non-hydrogen) atoms. The number of thiophene rings is 1. The van der Waals surface area contributed by atoms with Crippen molar-refractivity contribution in [2.24, 2.45) is 0 Å². The molecule has 0 radical (unpaired) electrons. The first-order chi connectivity index (χ1) is 10.0. The van der Waals surface area contributed by atoms with Crippen LogP contribution in [-0.2, 0) is 16.4 Å². The van der Waals surface area contributed by atoms with E-state index in [9.17, 15) is 8.42 Å². The van der Waals surface area contributed by atoms with Gasteiger partial charge in [0.1, 0.15) is 0 Å². The Kier molecular flexibility index (Phi) is 3.69. The number of fused-ring (bicyclic) bond motifs is 1. The van der Waals surface area contributed by atoms with Gasteiger partial charge in [0.15, 0.2) is 9.84 Å². The molecule has 5 heteroatoms. The first kappa shape index (κ1) is 14.1. The molecule has 1 aromatic heterocycles. The summed E-state index contributed by atoms with van der Waals surface area (Å²) in [7, 11) is -3.17. The maximum Gasteiger partial charge on any atom is 0.175 e. The molecule has 0 amide bonds. The zero-order valence-corrected chi connectivity index (χ0v) is 13.2. The van der Waals surface area contributed by atoms with Crippen LogP contribution in [-0.4, -0.2) is 14.7 Å². The fourth-order valence-electron chi connectivity index (χ4n) is 2.20. The maximum absolute atomic E-state index is 11.6. The topological polar surface area (TPSA) is 46.2 Å². The lowest BCUT2D eigenvalue weighted by molar-refractivity contribution is 0.602. The zero-order valence-electron chi connectivity index (χ0n) is 11.5. The highest BCUT2D eigenvalue weighted by Gasteiger charge is 2.08. The lowest BCUT2D eigenvalue weighted by atomic mass is 10.2. The van der Waals surface area contributed by atoms with E-state index in [2.05, 4.69) is 22.8 Å². The van der Waals surface area contributed by atoms with Crippen LogP contribution in [0.1, 0.15) is 5.56 Å². The first-order valence-electron chi connectivity index (χ1n) is 6.53. The largest absolute Gasteiger partial charge is 0.381 e. The van der Waals surface area contributed by atoms with Crippen molar-refractivity contribution < 1.29 is 8.42 Å². The molecule has 108 valence electrons. The minimum Gasteiger partial charge on any atom is -0.381 e. The van der Waals surface area contributed by atoms with Crippen molar-refractivity contribution in [3.8, 4) is 0 Å². The summed E-state index contributed by atoms with van der Waals surface area (Å²) in [6.07, 6.45) is 1.22. The third-order valence-corrected chi connectivity index (χ3v) is 5.43. The van der Waals surface area contributed by atoms with Gasteiger partial charge in [0, 0.05) is 23.2 Å². The van der Waals surface area contributed by atoms with Crippen LogP contribution < -0.4 is 5.32 Å². The fourth-order valence-corrected chi connectivity index (χ4v) is 3.83. The monoisotopic (exact) mass is 317 g/mol. The number of anilines is 1. The predicted octanol–water partition coefficient (Wildman–Crippen LogP) is 3.92. The van der Waals surface area contributed by atoms with E-state index in [0.29, 0.717) is 11.4 Å². The lowest BCUT2D eigenvalue weighted by Gasteiger charge is -2.07. The van der Waals surface area contributed by atoms with Crippen molar-refractivity contribution in [3.05, 3.63) is 59.5 Å². The molecule has 0 aliphatic carbocycles. The third-order valence-electron chi connectivity index (χ3n) is 3.31. The van der Waals surface area contributed by atoms with Crippen LogP contribution in [0, 0.1) is 0 Å². The van der Waals surface area contributed by atoms with Crippen LogP contribution in [0.3, 0.4) is 0 Å². The van der Waals surface area contributed by atoms with Crippen molar-refractivity contribution in [1.29, 1.82) is 0 Å². The van der Waals surface area contributed by atoms with E-state index in [1.54, 1.807) is 29.5 Å². The van der Waals surface area contributed by atoms with Crippen molar-refractivity contribution in [3.63, 3.8) is 0 Å². The van der Waals surface area contributed by atoms with Gasteiger partial charge in [-0.25, -0.2) is 8.42 Å². The van der Waals surface area contributed by atoms with E-state index in [1.807, 2.05) is 18.2 Å². The summed E-state index contributed by atoms with van der Waals surface area (Å²) in [6, 6.07) is 15.2. The Balaban J connectivity index is 1.82. The average Bonchev–Trinajstić information content (AvgIpc) is 2.88. The summed E-state index contributed by atoms with van der Waals surface area (Å²) in [5.41, 5.74) is 2.04. The lowest BCUT2D eigenvalue weighted by Crippen LogP contribution is -2.01. The van der Waals surface area contributed by atoms with Gasteiger partial charge in [-0.15, -0.1) is 11.3 Å². The van der Waals surface area contributed by atoms with Crippen LogP contribution in [0.15, 0.2) is 58.8 Å². The van der Waals surface area contributed by atoms with E-state index >= 15 is 0 Å². The van der Waals surface area contributed by atoms with Crippen LogP contribution in [0.25, 0.3) is 10.1 Å². The Morgan fingerprint density at radius 1 is 1.10 bits per heavy atom. The SMILES string of the molecule is CS(=O)(=O)c1cccc(NCc2csc3ccccc23)c1. The van der Waals surface area contributed by atoms with E-state index in [1.165, 1.54) is 21.9 Å². The summed E-state index contributed by atoms with van der Waals surface area (Å²) in [5, 5.41) is 6.68. The first-order valence-corrected chi connectivity index (χ1v) is 9.30. The molecule has 0 aliphatic heterocycles. The second-order valence-electron chi connectivity index (χ2n) is 4.91. The quantitative estimate of drug-likeness (QED) is 0.793. The molecular weight excluding hydrogens is 302 g/mol. The maximum atomic E-state index is 11.6. The standard InChI is InChI=1S/C16H15NO2S2/c1-21(18,19)14-6-4-5-13(9-14)17-10-12-11-20-16-8-3-2-7-15(12)16/h2-9,11,17H,10H2,1H3. The minimum absolute atomic E-state index is 0.336. The molecule has 3 nitrogen and oxygen atoms in total. The fraction of sp³-hybridized carbons (Fsp3) is 0.125. The number of hydrogen-bond donors (Lipinski definition) is 1. The zero-order chi connectivity index (χ0) is 14.9. The summed E-state index contributed by atoms with van der Waals surface area (Å²) in [6.45, 7) is 0.678. The summed E-state index contributed by atoms with van der Waals surface area (Å²) in [5.74, 6) is 0. The normalized spacial score (nSPS) is 11.7. The number of hydrogen-bond acceptors (Lipinski definition) is 4. The molecule has 0 fully saturated rings. The highest BCUT2D eigenvalue weighted by molar-refractivity contribution is 7.90. The summed E-state index contributed by atoms with van der Waals surface area (Å²) >= 11 is 1.72. The summed E-state index contributed by atoms with van der Waals surface area (Å²) < 4.78 is 24.4. The molecule has 3 rings (SSSR count). The highest BCUT2D eigenvalue weighted by Crippen LogP contribution is 2.26. The van der Waals surface area contributed by atoms with Gasteiger partial charge >= 0.3 is 0 Å². The Morgan fingerprint density at radius 2 is 1.90 bits per heavy atom. The van der Waals surface area contributed by atoms with Gasteiger partial charge in [0.2, 0.25) is 0 Å². The second kappa shape index (κ2) is 5.50. The Hall–Kier alpha value is -1.85. The molecule has 0 saturated heterocycles. The predicted molar refractivity (Wildman–Crippen MR) is 88.7 cm³/mol. The van der Waals surface area contributed by atoms with Crippen LogP contribution in [0.2, 0.25) is 0 Å². The van der Waals surface area contributed by atoms with Gasteiger partial charge in [0.25, 0.3) is 0 Å². The molecule has 0 spiro atoms. The van der Waals surface area contributed by atoms with E-state index in [0.717, 1.165) is 5.69 Å². The van der Waals surface area contributed by atoms with Gasteiger partial charge in [-0.3, -0.25) is 0 Å². The summed E-state index contributed by atoms with van der Waals surface area (Å²) in [4.78, 5) is 0.336. The molecule has 0 aliphatic rings. The van der Waals surface area contributed by atoms with Gasteiger partial charge in [0.05, 0.1) is 4.90 Å². The Bertz CT molecular complexity index is 882. The molecule has 1 heterocycles. The molecule has 0 bridgehead atoms. The highest BCUT2D eigenvalue weighted by atomic mass is 32.2. The number of benzene rings is 2. The van der Waals surface area contributed by atoms with Crippen molar-refractivity contribution in [1.82, 2.24) is 0 Å². The van der Waals surface area contributed by atoms with Gasteiger partial charge in [-0.1, -0.05) is 24.3 Å². The van der Waals surface area contributed by atoms with E-state index in [-0.39, 0.29) is 0 Å². The minimum atomic E-state index is -3.17. The molecule has 0 saturated carbocycles. The third kappa shape index (κ3) is 3.09. The van der Waals surface area contributed by atoms with Crippen molar-refractivity contribution in [2.45, 2.75) is 11.4 Å². The number of nitrogens with one attached hydrogen (secondary N) is 1. The number of rotatable bonds is 4. The molecule has 2 aromatic carbocycles. The van der Waals surface area contributed by atoms with Crippen molar-refractivity contribution >= 4 is 36.9 Å². The van der Waals surface area contributed by atoms with Crippen LogP contribution >= 0.6 is 11.3 Å². The van der Waals surface area contributed by atoms with Crippen molar-refractivity contribution in [2.75, 3.05) is 11.6 Å². The van der Waals surface area contributed by atoms with Gasteiger partial charge < -0.3 is 5.32 Å². The van der Waals surface area contributed by atoms with Gasteiger partial charge in [-0.05, 0) is 40.6 Å². The molecular formula is C16H15NO2S2. The van der Waals surface area contributed by atoms with Gasteiger partial charge in [-0.2, -0.15) is 0 Å². The van der Waals surface area contributed by atoms with Crippen LogP contribution in [0.5, 0.6) is 0 Å². The van der Waals surface area contributed by atoms with Crippen LogP contribution in [0.4, 0.5) is 5.69 Å². The average molecular weight is 317 g/mol. The molecule has 3 aromatic rings. The van der Waals surface area contributed by atoms with E-state index < -0.39 is 9.84 Å². The second-order valence-corrected chi connectivity index (χ2v) is 7.84. The Morgan fingerprint density at radius 3 is 2.71 bits per heavy atom. The van der Waals surface area contributed by atoms with E-state index in [4.69, 9.17) is 0 Å². The number of sulfone groups is 1. The molecule has 1 N–H and O–H groups in total. The smallest absolute Gasteiger partial charge is 0.175 e. The Labute approximate surface area is 128 Å². The molecule has 0 atom stereocenters. The molecule has 0 unspecified atom stereocenters.